The second-order valence-electron chi connectivity index (χ2n) is 7.71. The van der Waals surface area contributed by atoms with Crippen LogP contribution in [0.5, 0.6) is 0 Å². The summed E-state index contributed by atoms with van der Waals surface area (Å²) in [5, 5.41) is 12.4. The van der Waals surface area contributed by atoms with Gasteiger partial charge >= 0.3 is 0 Å². The molecule has 3 aromatic rings. The third kappa shape index (κ3) is 4.23. The number of aryl methyl sites for hydroxylation is 2. The molecular weight excluding hydrogens is 330 g/mol. The Morgan fingerprint density at radius 2 is 1.48 bits per heavy atom. The maximum atomic E-state index is 9.72. The Bertz CT molecular complexity index is 883. The summed E-state index contributed by atoms with van der Waals surface area (Å²) in [5.74, 6) is 0. The Labute approximate surface area is 162 Å². The third-order valence-electron chi connectivity index (χ3n) is 6.00. The van der Waals surface area contributed by atoms with E-state index >= 15 is 0 Å². The van der Waals surface area contributed by atoms with Gasteiger partial charge in [-0.2, -0.15) is 0 Å². The van der Waals surface area contributed by atoms with Crippen molar-refractivity contribution in [3.8, 4) is 0 Å². The van der Waals surface area contributed by atoms with Crippen LogP contribution in [0.15, 0.2) is 66.7 Å². The molecule has 1 N–H and O–H groups in total. The minimum Gasteiger partial charge on any atom is -0.395 e. The van der Waals surface area contributed by atoms with E-state index in [0.29, 0.717) is 6.04 Å². The van der Waals surface area contributed by atoms with E-state index in [1.54, 1.807) is 0 Å². The smallest absolute Gasteiger partial charge is 0.0586 e. The molecule has 0 aliphatic carbocycles. The molecule has 1 unspecified atom stereocenters. The molecule has 1 fully saturated rings. The van der Waals surface area contributed by atoms with Gasteiger partial charge in [0.05, 0.1) is 6.61 Å². The molecule has 1 saturated heterocycles. The van der Waals surface area contributed by atoms with Crippen molar-refractivity contribution in [3.05, 3.63) is 83.4 Å². The molecule has 0 spiro atoms. The van der Waals surface area contributed by atoms with Gasteiger partial charge in [0.1, 0.15) is 0 Å². The summed E-state index contributed by atoms with van der Waals surface area (Å²) in [5.41, 5.74) is 4.28. The summed E-state index contributed by atoms with van der Waals surface area (Å²) in [6.07, 6.45) is 5.72. The highest BCUT2D eigenvalue weighted by Crippen LogP contribution is 2.23. The first-order valence-corrected chi connectivity index (χ1v) is 10.2. The van der Waals surface area contributed by atoms with Gasteiger partial charge in [-0.25, -0.2) is 0 Å². The Hall–Kier alpha value is -2.16. The molecule has 0 saturated carbocycles. The van der Waals surface area contributed by atoms with E-state index < -0.39 is 0 Å². The van der Waals surface area contributed by atoms with Crippen LogP contribution in [0.1, 0.15) is 36.0 Å². The summed E-state index contributed by atoms with van der Waals surface area (Å²) in [6.45, 7) is 2.33. The zero-order valence-electron chi connectivity index (χ0n) is 16.0. The fourth-order valence-corrected chi connectivity index (χ4v) is 4.43. The summed E-state index contributed by atoms with van der Waals surface area (Å²) < 4.78 is 0. The van der Waals surface area contributed by atoms with E-state index in [1.807, 2.05) is 0 Å². The van der Waals surface area contributed by atoms with Crippen molar-refractivity contribution in [3.63, 3.8) is 0 Å². The molecular formula is C25H29NO. The van der Waals surface area contributed by atoms with Crippen LogP contribution in [0, 0.1) is 0 Å². The number of fused-ring (bicyclic) bond motifs is 1. The van der Waals surface area contributed by atoms with Crippen molar-refractivity contribution >= 4 is 10.8 Å². The lowest BCUT2D eigenvalue weighted by Gasteiger charge is -2.35. The van der Waals surface area contributed by atoms with Gasteiger partial charge in [0.15, 0.2) is 0 Å². The summed E-state index contributed by atoms with van der Waals surface area (Å²) in [7, 11) is 0. The fourth-order valence-electron chi connectivity index (χ4n) is 4.43. The zero-order valence-corrected chi connectivity index (χ0v) is 16.0. The number of rotatable bonds is 6. The van der Waals surface area contributed by atoms with Crippen molar-refractivity contribution in [1.29, 1.82) is 0 Å². The number of hydrogen-bond acceptors (Lipinski definition) is 2. The van der Waals surface area contributed by atoms with E-state index in [0.717, 1.165) is 32.4 Å². The number of nitrogens with zero attached hydrogens (tertiary/aromatic N) is 1. The second-order valence-corrected chi connectivity index (χ2v) is 7.71. The highest BCUT2D eigenvalue weighted by atomic mass is 16.3. The third-order valence-corrected chi connectivity index (χ3v) is 6.00. The summed E-state index contributed by atoms with van der Waals surface area (Å²) >= 11 is 0. The van der Waals surface area contributed by atoms with Gasteiger partial charge in [-0.1, -0.05) is 73.2 Å². The molecule has 0 aromatic heterocycles. The predicted octanol–water partition coefficient (Wildman–Crippen LogP) is 4.97. The largest absolute Gasteiger partial charge is 0.395 e. The molecule has 1 atom stereocenters. The lowest BCUT2D eigenvalue weighted by molar-refractivity contribution is 0.0839. The average Bonchev–Trinajstić information content (AvgIpc) is 2.73. The summed E-state index contributed by atoms with van der Waals surface area (Å²) in [6, 6.07) is 24.5. The highest BCUT2D eigenvalue weighted by molar-refractivity contribution is 5.85. The molecule has 3 aromatic carbocycles. The van der Waals surface area contributed by atoms with Crippen molar-refractivity contribution in [2.45, 2.75) is 44.7 Å². The number of aliphatic hydroxyl groups excluding tert-OH is 1. The van der Waals surface area contributed by atoms with E-state index in [2.05, 4.69) is 71.6 Å². The normalized spacial score (nSPS) is 18.0. The van der Waals surface area contributed by atoms with Crippen molar-refractivity contribution in [2.75, 3.05) is 13.2 Å². The molecule has 2 nitrogen and oxygen atoms in total. The Kier molecular flexibility index (Phi) is 5.86. The molecule has 2 heteroatoms. The van der Waals surface area contributed by atoms with Crippen molar-refractivity contribution in [2.24, 2.45) is 0 Å². The number of likely N-dealkylation sites (tertiary alicyclic amines) is 1. The standard InChI is InChI=1S/C25H29NO/c27-19-24-13-5-6-17-26(24)18-23-10-2-1-8-20(23)15-16-22-12-7-11-21-9-3-4-14-25(21)22/h1-4,7-12,14,24,27H,5-6,13,15-19H2. The van der Waals surface area contributed by atoms with Gasteiger partial charge < -0.3 is 5.11 Å². The first-order valence-electron chi connectivity index (χ1n) is 10.2. The Morgan fingerprint density at radius 1 is 0.778 bits per heavy atom. The second kappa shape index (κ2) is 8.69. The maximum Gasteiger partial charge on any atom is 0.0586 e. The fraction of sp³-hybridized carbons (Fsp3) is 0.360. The number of hydrogen-bond donors (Lipinski definition) is 1. The number of benzene rings is 3. The molecule has 1 heterocycles. The molecule has 4 rings (SSSR count). The van der Waals surface area contributed by atoms with E-state index in [4.69, 9.17) is 0 Å². The minimum absolute atomic E-state index is 0.276. The lowest BCUT2D eigenvalue weighted by atomic mass is 9.95. The molecule has 1 aliphatic rings. The first-order chi connectivity index (χ1) is 13.3. The van der Waals surface area contributed by atoms with Gasteiger partial charge in [0.25, 0.3) is 0 Å². The topological polar surface area (TPSA) is 23.5 Å². The van der Waals surface area contributed by atoms with Crippen molar-refractivity contribution < 1.29 is 5.11 Å². The maximum absolute atomic E-state index is 9.72. The SMILES string of the molecule is OCC1CCCCN1Cc1ccccc1CCc1cccc2ccccc12. The van der Waals surface area contributed by atoms with E-state index in [1.165, 1.54) is 40.3 Å². The van der Waals surface area contributed by atoms with E-state index in [-0.39, 0.29) is 6.61 Å². The monoisotopic (exact) mass is 359 g/mol. The van der Waals surface area contributed by atoms with Crippen LogP contribution in [0.25, 0.3) is 10.8 Å². The molecule has 1 aliphatic heterocycles. The van der Waals surface area contributed by atoms with Crippen LogP contribution in [0.4, 0.5) is 0 Å². The van der Waals surface area contributed by atoms with Gasteiger partial charge in [0, 0.05) is 12.6 Å². The highest BCUT2D eigenvalue weighted by Gasteiger charge is 2.22. The molecule has 27 heavy (non-hydrogen) atoms. The zero-order chi connectivity index (χ0) is 18.5. The Morgan fingerprint density at radius 3 is 2.37 bits per heavy atom. The van der Waals surface area contributed by atoms with E-state index in [9.17, 15) is 5.11 Å². The Balaban J connectivity index is 1.51. The molecule has 0 bridgehead atoms. The van der Waals surface area contributed by atoms with Gasteiger partial charge in [0.2, 0.25) is 0 Å². The first kappa shape index (κ1) is 18.2. The van der Waals surface area contributed by atoms with Crippen LogP contribution in [-0.2, 0) is 19.4 Å². The molecule has 140 valence electrons. The number of aliphatic hydroxyl groups is 1. The van der Waals surface area contributed by atoms with Crippen LogP contribution < -0.4 is 0 Å². The quantitative estimate of drug-likeness (QED) is 0.671. The summed E-state index contributed by atoms with van der Waals surface area (Å²) in [4.78, 5) is 2.47. The predicted molar refractivity (Wildman–Crippen MR) is 113 cm³/mol. The van der Waals surface area contributed by atoms with Crippen LogP contribution in [0.2, 0.25) is 0 Å². The van der Waals surface area contributed by atoms with Crippen LogP contribution >= 0.6 is 0 Å². The molecule has 0 amide bonds. The van der Waals surface area contributed by atoms with Gasteiger partial charge in [-0.15, -0.1) is 0 Å². The van der Waals surface area contributed by atoms with Crippen LogP contribution in [0.3, 0.4) is 0 Å². The van der Waals surface area contributed by atoms with Gasteiger partial charge in [-0.05, 0) is 59.7 Å². The lowest BCUT2D eigenvalue weighted by Crippen LogP contribution is -2.41. The van der Waals surface area contributed by atoms with Crippen molar-refractivity contribution in [1.82, 2.24) is 4.90 Å². The molecule has 0 radical (unpaired) electrons. The number of piperidine rings is 1. The van der Waals surface area contributed by atoms with Gasteiger partial charge in [-0.3, -0.25) is 4.90 Å². The average molecular weight is 360 g/mol. The van der Waals surface area contributed by atoms with Crippen LogP contribution in [-0.4, -0.2) is 29.2 Å². The minimum atomic E-state index is 0.276.